The molecule has 1 heteroatoms. The Bertz CT molecular complexity index is 185. The van der Waals surface area contributed by atoms with E-state index in [0.717, 1.165) is 0 Å². The van der Waals surface area contributed by atoms with Gasteiger partial charge in [0, 0.05) is 11.0 Å². The van der Waals surface area contributed by atoms with E-state index in [1.54, 1.807) is 0 Å². The predicted molar refractivity (Wildman–Crippen MR) is 42.6 cm³/mol. The summed E-state index contributed by atoms with van der Waals surface area (Å²) in [6.45, 7) is 6.14. The highest BCUT2D eigenvalue weighted by Gasteiger charge is 2.63. The maximum atomic E-state index is 6.13. The van der Waals surface area contributed by atoms with E-state index < -0.39 is 0 Å². The van der Waals surface area contributed by atoms with Crippen molar-refractivity contribution < 1.29 is 0 Å². The first-order valence-electron chi connectivity index (χ1n) is 4.06. The molecule has 0 bridgehead atoms. The van der Waals surface area contributed by atoms with Gasteiger partial charge in [0.25, 0.3) is 0 Å². The smallest absolute Gasteiger partial charge is 0.0250 e. The first-order chi connectivity index (χ1) is 4.61. The Morgan fingerprint density at radius 1 is 1.30 bits per heavy atom. The highest BCUT2D eigenvalue weighted by Crippen LogP contribution is 2.66. The molecule has 2 aliphatic rings. The summed E-state index contributed by atoms with van der Waals surface area (Å²) < 4.78 is 0. The largest absolute Gasteiger partial charge is 0.324 e. The monoisotopic (exact) mass is 137 g/mol. The van der Waals surface area contributed by atoms with E-state index in [1.165, 1.54) is 31.3 Å². The van der Waals surface area contributed by atoms with Gasteiger partial charge in [0.05, 0.1) is 0 Å². The van der Waals surface area contributed by atoms with E-state index in [0.29, 0.717) is 5.41 Å². The number of nitrogens with two attached hydrogens (primary N) is 1. The van der Waals surface area contributed by atoms with Crippen LogP contribution in [0.4, 0.5) is 0 Å². The Labute approximate surface area is 62.3 Å². The highest BCUT2D eigenvalue weighted by molar-refractivity contribution is 5.31. The third-order valence-corrected chi connectivity index (χ3v) is 3.31. The maximum Gasteiger partial charge on any atom is 0.0250 e. The Kier molecular flexibility index (Phi) is 0.946. The summed E-state index contributed by atoms with van der Waals surface area (Å²) in [7, 11) is 0. The van der Waals surface area contributed by atoms with Crippen molar-refractivity contribution in [2.75, 3.05) is 0 Å². The molecule has 1 nitrogen and oxygen atoms in total. The van der Waals surface area contributed by atoms with Gasteiger partial charge in [-0.15, -0.1) is 0 Å². The summed E-state index contributed by atoms with van der Waals surface area (Å²) in [5.41, 5.74) is 8.00. The zero-order valence-corrected chi connectivity index (χ0v) is 6.61. The molecular weight excluding hydrogens is 122 g/mol. The molecule has 0 unspecified atom stereocenters. The van der Waals surface area contributed by atoms with Crippen LogP contribution in [-0.4, -0.2) is 5.54 Å². The number of hydrogen-bond donors (Lipinski definition) is 1. The van der Waals surface area contributed by atoms with E-state index in [4.69, 9.17) is 5.73 Å². The van der Waals surface area contributed by atoms with Crippen molar-refractivity contribution in [2.24, 2.45) is 11.1 Å². The van der Waals surface area contributed by atoms with Gasteiger partial charge in [-0.1, -0.05) is 12.2 Å². The number of hydrogen-bond acceptors (Lipinski definition) is 1. The summed E-state index contributed by atoms with van der Waals surface area (Å²) in [4.78, 5) is 0. The van der Waals surface area contributed by atoms with Crippen molar-refractivity contribution in [1.29, 1.82) is 0 Å². The summed E-state index contributed by atoms with van der Waals surface area (Å²) in [6, 6.07) is 0. The minimum atomic E-state index is 0.179. The second-order valence-electron chi connectivity index (χ2n) is 4.02. The van der Waals surface area contributed by atoms with Crippen molar-refractivity contribution in [2.45, 2.75) is 38.1 Å². The fourth-order valence-corrected chi connectivity index (χ4v) is 2.09. The van der Waals surface area contributed by atoms with Crippen LogP contribution in [0.1, 0.15) is 32.6 Å². The first kappa shape index (κ1) is 6.41. The fourth-order valence-electron chi connectivity index (χ4n) is 2.09. The van der Waals surface area contributed by atoms with Gasteiger partial charge in [-0.2, -0.15) is 0 Å². The molecule has 2 aliphatic carbocycles. The molecule has 0 aromatic heterocycles. The molecule has 0 atom stereocenters. The Hall–Kier alpha value is -0.300. The topological polar surface area (TPSA) is 26.0 Å². The molecule has 0 radical (unpaired) electrons. The highest BCUT2D eigenvalue weighted by atomic mass is 14.9. The van der Waals surface area contributed by atoms with Gasteiger partial charge in [-0.05, 0) is 32.6 Å². The molecule has 0 heterocycles. The summed E-state index contributed by atoms with van der Waals surface area (Å²) in [5.74, 6) is 0. The van der Waals surface area contributed by atoms with Crippen LogP contribution in [0.2, 0.25) is 0 Å². The minimum absolute atomic E-state index is 0.179. The standard InChI is InChI=1S/C9H15N/c1-7(2)8(3-4-8)9(10)5-6-9/h1,3-6,10H2,2H3. The summed E-state index contributed by atoms with van der Waals surface area (Å²) in [5, 5.41) is 0. The third kappa shape index (κ3) is 0.567. The van der Waals surface area contributed by atoms with Crippen LogP contribution < -0.4 is 5.73 Å². The van der Waals surface area contributed by atoms with Gasteiger partial charge < -0.3 is 5.73 Å². The summed E-state index contributed by atoms with van der Waals surface area (Å²) >= 11 is 0. The van der Waals surface area contributed by atoms with Crippen LogP contribution in [0.3, 0.4) is 0 Å². The van der Waals surface area contributed by atoms with Crippen molar-refractivity contribution in [3.05, 3.63) is 12.2 Å². The fraction of sp³-hybridized carbons (Fsp3) is 0.778. The van der Waals surface area contributed by atoms with Crippen molar-refractivity contribution in [1.82, 2.24) is 0 Å². The van der Waals surface area contributed by atoms with Gasteiger partial charge in [0.2, 0.25) is 0 Å². The van der Waals surface area contributed by atoms with Gasteiger partial charge in [-0.3, -0.25) is 0 Å². The van der Waals surface area contributed by atoms with Gasteiger partial charge >= 0.3 is 0 Å². The molecule has 0 aromatic carbocycles. The van der Waals surface area contributed by atoms with E-state index >= 15 is 0 Å². The zero-order chi connectivity index (χ0) is 7.41. The predicted octanol–water partition coefficient (Wildman–Crippen LogP) is 1.83. The molecule has 0 aromatic rings. The second kappa shape index (κ2) is 1.48. The molecule has 0 aliphatic heterocycles. The first-order valence-corrected chi connectivity index (χ1v) is 4.06. The Balaban J connectivity index is 2.22. The minimum Gasteiger partial charge on any atom is -0.324 e. The lowest BCUT2D eigenvalue weighted by Gasteiger charge is -2.22. The molecule has 2 N–H and O–H groups in total. The molecule has 0 amide bonds. The van der Waals surface area contributed by atoms with Crippen LogP contribution in [0.5, 0.6) is 0 Å². The molecule has 0 saturated heterocycles. The molecule has 2 saturated carbocycles. The molecule has 56 valence electrons. The molecule has 2 fully saturated rings. The van der Waals surface area contributed by atoms with E-state index in [9.17, 15) is 0 Å². The van der Waals surface area contributed by atoms with Crippen LogP contribution in [0, 0.1) is 5.41 Å². The van der Waals surface area contributed by atoms with E-state index in [2.05, 4.69) is 13.5 Å². The maximum absolute atomic E-state index is 6.13. The normalized spacial score (nSPS) is 31.4. The van der Waals surface area contributed by atoms with E-state index in [1.807, 2.05) is 0 Å². The third-order valence-electron chi connectivity index (χ3n) is 3.31. The zero-order valence-electron chi connectivity index (χ0n) is 6.61. The molecular formula is C9H15N. The lowest BCUT2D eigenvalue weighted by Crippen LogP contribution is -2.34. The Morgan fingerprint density at radius 3 is 1.90 bits per heavy atom. The van der Waals surface area contributed by atoms with Gasteiger partial charge in [0.15, 0.2) is 0 Å². The number of rotatable bonds is 2. The van der Waals surface area contributed by atoms with Crippen LogP contribution in [-0.2, 0) is 0 Å². The summed E-state index contributed by atoms with van der Waals surface area (Å²) in [6.07, 6.45) is 5.03. The van der Waals surface area contributed by atoms with Crippen LogP contribution >= 0.6 is 0 Å². The molecule has 2 rings (SSSR count). The lowest BCUT2D eigenvalue weighted by molar-refractivity contribution is 0.445. The van der Waals surface area contributed by atoms with Crippen molar-refractivity contribution in [3.63, 3.8) is 0 Å². The SMILES string of the molecule is C=C(C)C1(C2(N)CC2)CC1. The van der Waals surface area contributed by atoms with Crippen LogP contribution in [0.25, 0.3) is 0 Å². The van der Waals surface area contributed by atoms with Crippen LogP contribution in [0.15, 0.2) is 12.2 Å². The Morgan fingerprint density at radius 2 is 1.80 bits per heavy atom. The van der Waals surface area contributed by atoms with Crippen molar-refractivity contribution >= 4 is 0 Å². The second-order valence-corrected chi connectivity index (χ2v) is 4.02. The quantitative estimate of drug-likeness (QED) is 0.577. The van der Waals surface area contributed by atoms with Crippen molar-refractivity contribution in [3.8, 4) is 0 Å². The van der Waals surface area contributed by atoms with E-state index in [-0.39, 0.29) is 5.54 Å². The van der Waals surface area contributed by atoms with Gasteiger partial charge in [0.1, 0.15) is 0 Å². The molecule has 10 heavy (non-hydrogen) atoms. The average Bonchev–Trinajstić information content (AvgIpc) is 2.55. The average molecular weight is 137 g/mol. The molecule has 0 spiro atoms. The lowest BCUT2D eigenvalue weighted by atomic mass is 9.88. The van der Waals surface area contributed by atoms with Gasteiger partial charge in [-0.25, -0.2) is 0 Å².